The monoisotopic (exact) mass is 296 g/mol. The van der Waals surface area contributed by atoms with Crippen LogP contribution in [0.1, 0.15) is 45.7 Å². The van der Waals surface area contributed by atoms with E-state index >= 15 is 0 Å². The Morgan fingerprint density at radius 2 is 2.05 bits per heavy atom. The minimum Gasteiger partial charge on any atom is -0.483 e. The van der Waals surface area contributed by atoms with Gasteiger partial charge in [-0.3, -0.25) is 4.79 Å². The van der Waals surface area contributed by atoms with Gasteiger partial charge in [0.1, 0.15) is 11.6 Å². The second-order valence-electron chi connectivity index (χ2n) is 5.37. The molecule has 1 aromatic carbocycles. The van der Waals surface area contributed by atoms with E-state index in [4.69, 9.17) is 4.74 Å². The number of amides is 1. The first-order chi connectivity index (χ1) is 9.93. The van der Waals surface area contributed by atoms with E-state index in [0.29, 0.717) is 5.75 Å². The summed E-state index contributed by atoms with van der Waals surface area (Å²) in [6.45, 7) is 8.58. The zero-order chi connectivity index (χ0) is 15.8. The maximum absolute atomic E-state index is 13.4. The van der Waals surface area contributed by atoms with Gasteiger partial charge in [0.15, 0.2) is 6.61 Å². The van der Waals surface area contributed by atoms with Gasteiger partial charge in [-0.1, -0.05) is 13.0 Å². The lowest BCUT2D eigenvalue weighted by atomic mass is 10.1. The van der Waals surface area contributed by atoms with E-state index in [1.807, 2.05) is 20.8 Å². The highest BCUT2D eigenvalue weighted by atomic mass is 19.1. The third kappa shape index (κ3) is 6.12. The molecule has 4 nitrogen and oxygen atoms in total. The normalized spacial score (nSPS) is 12.3. The first-order valence-electron chi connectivity index (χ1n) is 7.39. The lowest BCUT2D eigenvalue weighted by Crippen LogP contribution is -2.34. The Bertz CT molecular complexity index is 464. The first-order valence-corrected chi connectivity index (χ1v) is 7.39. The van der Waals surface area contributed by atoms with Crippen LogP contribution in [0.2, 0.25) is 0 Å². The Labute approximate surface area is 126 Å². The van der Waals surface area contributed by atoms with Gasteiger partial charge in [0.2, 0.25) is 0 Å². The van der Waals surface area contributed by atoms with Gasteiger partial charge in [0.05, 0.1) is 0 Å². The third-order valence-corrected chi connectivity index (χ3v) is 2.95. The minimum atomic E-state index is -0.374. The molecular formula is C16H25FN2O2. The van der Waals surface area contributed by atoms with Gasteiger partial charge >= 0.3 is 0 Å². The van der Waals surface area contributed by atoms with Crippen LogP contribution in [0.5, 0.6) is 5.75 Å². The molecule has 0 radical (unpaired) electrons. The van der Waals surface area contributed by atoms with E-state index in [-0.39, 0.29) is 30.4 Å². The molecule has 1 atom stereocenters. The summed E-state index contributed by atoms with van der Waals surface area (Å²) in [5.41, 5.74) is 0.849. The highest BCUT2D eigenvalue weighted by Gasteiger charge is 2.13. The highest BCUT2D eigenvalue weighted by Crippen LogP contribution is 2.26. The van der Waals surface area contributed by atoms with Crippen molar-refractivity contribution in [3.05, 3.63) is 29.6 Å². The van der Waals surface area contributed by atoms with Crippen molar-refractivity contribution in [1.82, 2.24) is 10.6 Å². The summed E-state index contributed by atoms with van der Waals surface area (Å²) < 4.78 is 18.9. The number of carbonyl (C=O) groups is 1. The van der Waals surface area contributed by atoms with Crippen LogP contribution < -0.4 is 15.4 Å². The van der Waals surface area contributed by atoms with Crippen LogP contribution >= 0.6 is 0 Å². The second kappa shape index (κ2) is 8.62. The summed E-state index contributed by atoms with van der Waals surface area (Å²) in [6.07, 6.45) is 1.01. The highest BCUT2D eigenvalue weighted by molar-refractivity contribution is 5.77. The van der Waals surface area contributed by atoms with Crippen molar-refractivity contribution in [2.75, 3.05) is 13.2 Å². The third-order valence-electron chi connectivity index (χ3n) is 2.95. The average molecular weight is 296 g/mol. The predicted octanol–water partition coefficient (Wildman–Crippen LogP) is 2.79. The number of benzene rings is 1. The Morgan fingerprint density at radius 3 is 2.67 bits per heavy atom. The minimum absolute atomic E-state index is 0.0358. The topological polar surface area (TPSA) is 50.4 Å². The molecule has 1 rings (SSSR count). The molecule has 0 aliphatic carbocycles. The molecule has 0 aromatic heterocycles. The fourth-order valence-electron chi connectivity index (χ4n) is 1.97. The number of nitrogens with one attached hydrogen (secondary N) is 2. The summed E-state index contributed by atoms with van der Waals surface area (Å²) in [5, 5.41) is 6.06. The van der Waals surface area contributed by atoms with E-state index in [1.54, 1.807) is 6.07 Å². The molecule has 0 fully saturated rings. The number of ether oxygens (including phenoxy) is 1. The van der Waals surface area contributed by atoms with Gasteiger partial charge in [-0.2, -0.15) is 0 Å². The summed E-state index contributed by atoms with van der Waals surface area (Å²) >= 11 is 0. The van der Waals surface area contributed by atoms with Gasteiger partial charge in [0.25, 0.3) is 5.91 Å². The molecule has 21 heavy (non-hydrogen) atoms. The fraction of sp³-hybridized carbons (Fsp3) is 0.562. The molecule has 0 aliphatic rings. The van der Waals surface area contributed by atoms with Crippen LogP contribution in [-0.4, -0.2) is 25.1 Å². The SMILES string of the molecule is CCCNC(C)c1ccc(F)cc1OCC(=O)NC(C)C. The maximum atomic E-state index is 13.4. The van der Waals surface area contributed by atoms with E-state index in [2.05, 4.69) is 17.6 Å². The van der Waals surface area contributed by atoms with E-state index in [0.717, 1.165) is 18.5 Å². The van der Waals surface area contributed by atoms with Gasteiger partial charge < -0.3 is 15.4 Å². The molecule has 0 spiro atoms. The zero-order valence-corrected chi connectivity index (χ0v) is 13.2. The Balaban J connectivity index is 2.75. The van der Waals surface area contributed by atoms with Gasteiger partial charge in [0, 0.05) is 23.7 Å². The van der Waals surface area contributed by atoms with Crippen LogP contribution in [0.3, 0.4) is 0 Å². The average Bonchev–Trinajstić information content (AvgIpc) is 2.42. The van der Waals surface area contributed by atoms with Crippen molar-refractivity contribution in [2.45, 2.75) is 46.2 Å². The van der Waals surface area contributed by atoms with Crippen molar-refractivity contribution in [2.24, 2.45) is 0 Å². The Hall–Kier alpha value is -1.62. The standard InChI is InChI=1S/C16H25FN2O2/c1-5-8-18-12(4)14-7-6-13(17)9-15(14)21-10-16(20)19-11(2)3/h6-7,9,11-12,18H,5,8,10H2,1-4H3,(H,19,20). The largest absolute Gasteiger partial charge is 0.483 e. The van der Waals surface area contributed by atoms with Crippen LogP contribution in [-0.2, 0) is 4.79 Å². The molecule has 0 saturated carbocycles. The molecule has 0 saturated heterocycles. The zero-order valence-electron chi connectivity index (χ0n) is 13.2. The lowest BCUT2D eigenvalue weighted by molar-refractivity contribution is -0.123. The summed E-state index contributed by atoms with van der Waals surface area (Å²) in [6, 6.07) is 4.51. The second-order valence-corrected chi connectivity index (χ2v) is 5.37. The summed E-state index contributed by atoms with van der Waals surface area (Å²) in [5.74, 6) is -0.180. The van der Waals surface area contributed by atoms with Crippen LogP contribution in [0.15, 0.2) is 18.2 Å². The Morgan fingerprint density at radius 1 is 1.33 bits per heavy atom. The van der Waals surface area contributed by atoms with E-state index < -0.39 is 0 Å². The summed E-state index contributed by atoms with van der Waals surface area (Å²) in [4.78, 5) is 11.6. The molecule has 118 valence electrons. The van der Waals surface area contributed by atoms with E-state index in [1.165, 1.54) is 12.1 Å². The molecule has 0 bridgehead atoms. The van der Waals surface area contributed by atoms with Gasteiger partial charge in [-0.15, -0.1) is 0 Å². The van der Waals surface area contributed by atoms with Gasteiger partial charge in [-0.05, 0) is 39.8 Å². The Kier molecular flexibility index (Phi) is 7.15. The lowest BCUT2D eigenvalue weighted by Gasteiger charge is -2.18. The van der Waals surface area contributed by atoms with Crippen molar-refractivity contribution >= 4 is 5.91 Å². The predicted molar refractivity (Wildman–Crippen MR) is 81.9 cm³/mol. The van der Waals surface area contributed by atoms with Crippen LogP contribution in [0.25, 0.3) is 0 Å². The molecule has 1 amide bonds. The maximum Gasteiger partial charge on any atom is 0.258 e. The quantitative estimate of drug-likeness (QED) is 0.775. The molecule has 1 aromatic rings. The molecule has 5 heteroatoms. The fourth-order valence-corrected chi connectivity index (χ4v) is 1.97. The molecule has 0 heterocycles. The number of hydrogen-bond donors (Lipinski definition) is 2. The molecule has 1 unspecified atom stereocenters. The van der Waals surface area contributed by atoms with Crippen molar-refractivity contribution in [1.29, 1.82) is 0 Å². The molecular weight excluding hydrogens is 271 g/mol. The number of halogens is 1. The van der Waals surface area contributed by atoms with Crippen molar-refractivity contribution < 1.29 is 13.9 Å². The summed E-state index contributed by atoms with van der Waals surface area (Å²) in [7, 11) is 0. The van der Waals surface area contributed by atoms with Crippen LogP contribution in [0.4, 0.5) is 4.39 Å². The molecule has 0 aliphatic heterocycles. The number of hydrogen-bond acceptors (Lipinski definition) is 3. The first kappa shape index (κ1) is 17.4. The van der Waals surface area contributed by atoms with Crippen molar-refractivity contribution in [3.8, 4) is 5.75 Å². The molecule has 2 N–H and O–H groups in total. The van der Waals surface area contributed by atoms with Crippen molar-refractivity contribution in [3.63, 3.8) is 0 Å². The number of carbonyl (C=O) groups excluding carboxylic acids is 1. The van der Waals surface area contributed by atoms with Crippen LogP contribution in [0, 0.1) is 5.82 Å². The van der Waals surface area contributed by atoms with E-state index in [9.17, 15) is 9.18 Å². The van der Waals surface area contributed by atoms with Gasteiger partial charge in [-0.25, -0.2) is 4.39 Å². The smallest absolute Gasteiger partial charge is 0.258 e. The number of rotatable bonds is 8.